The van der Waals surface area contributed by atoms with Crippen LogP contribution in [0.1, 0.15) is 110 Å². The van der Waals surface area contributed by atoms with Crippen molar-refractivity contribution in [2.24, 2.45) is 17.3 Å². The molecule has 27 heavy (non-hydrogen) atoms. The number of rotatable bonds is 13. The van der Waals surface area contributed by atoms with E-state index in [9.17, 15) is 0 Å². The van der Waals surface area contributed by atoms with E-state index in [0.717, 1.165) is 18.3 Å². The van der Waals surface area contributed by atoms with Gasteiger partial charge in [0.25, 0.3) is 0 Å². The lowest BCUT2D eigenvalue weighted by atomic mass is 9.79. The van der Waals surface area contributed by atoms with E-state index in [4.69, 9.17) is 0 Å². The van der Waals surface area contributed by atoms with Crippen LogP contribution in [0.2, 0.25) is 0 Å². The van der Waals surface area contributed by atoms with Crippen LogP contribution in [0.3, 0.4) is 0 Å². The van der Waals surface area contributed by atoms with Crippen LogP contribution in [-0.2, 0) is 0 Å². The third-order valence-electron chi connectivity index (χ3n) is 5.94. The Morgan fingerprint density at radius 2 is 1.63 bits per heavy atom. The summed E-state index contributed by atoms with van der Waals surface area (Å²) < 4.78 is 0. The van der Waals surface area contributed by atoms with Crippen LogP contribution in [0, 0.1) is 24.2 Å². The molecule has 1 atom stereocenters. The molecule has 1 aromatic rings. The van der Waals surface area contributed by atoms with E-state index in [0.29, 0.717) is 5.41 Å². The molecule has 1 aromatic carbocycles. The normalized spacial score (nSPS) is 14.0. The predicted molar refractivity (Wildman–Crippen MR) is 124 cm³/mol. The molecule has 0 amide bonds. The summed E-state index contributed by atoms with van der Waals surface area (Å²) in [5.74, 6) is 1.66. The van der Waals surface area contributed by atoms with Crippen molar-refractivity contribution in [3.05, 3.63) is 41.5 Å². The van der Waals surface area contributed by atoms with Gasteiger partial charge in [0.05, 0.1) is 0 Å². The molecule has 0 nitrogen and oxygen atoms in total. The Kier molecular flexibility index (Phi) is 11.0. The molecule has 0 aromatic heterocycles. The third-order valence-corrected chi connectivity index (χ3v) is 5.94. The molecule has 0 saturated carbocycles. The lowest BCUT2D eigenvalue weighted by molar-refractivity contribution is 0.262. The number of hydrogen-bond acceptors (Lipinski definition) is 0. The van der Waals surface area contributed by atoms with Crippen LogP contribution >= 0.6 is 0 Å². The summed E-state index contributed by atoms with van der Waals surface area (Å²) >= 11 is 0. The highest BCUT2D eigenvalue weighted by Gasteiger charge is 2.19. The van der Waals surface area contributed by atoms with Gasteiger partial charge in [0, 0.05) is 0 Å². The van der Waals surface area contributed by atoms with E-state index < -0.39 is 0 Å². The maximum Gasteiger partial charge on any atom is -0.0227 e. The predicted octanol–water partition coefficient (Wildman–Crippen LogP) is 9.23. The molecule has 0 aliphatic rings. The zero-order chi connectivity index (χ0) is 20.3. The van der Waals surface area contributed by atoms with Crippen LogP contribution < -0.4 is 0 Å². The Balaban J connectivity index is 2.65. The topological polar surface area (TPSA) is 0 Å². The highest BCUT2D eigenvalue weighted by Crippen LogP contribution is 2.34. The van der Waals surface area contributed by atoms with Gasteiger partial charge in [0.2, 0.25) is 0 Å². The van der Waals surface area contributed by atoms with Gasteiger partial charge in [-0.05, 0) is 61.0 Å². The molecule has 0 spiro atoms. The molecule has 0 aliphatic heterocycles. The molecule has 0 heterocycles. The van der Waals surface area contributed by atoms with Crippen molar-refractivity contribution in [1.29, 1.82) is 0 Å². The van der Waals surface area contributed by atoms with Crippen LogP contribution in [0.15, 0.2) is 30.3 Å². The number of hydrogen-bond donors (Lipinski definition) is 0. The summed E-state index contributed by atoms with van der Waals surface area (Å²) in [6.45, 7) is 16.4. The van der Waals surface area contributed by atoms with Gasteiger partial charge >= 0.3 is 0 Å². The molecule has 1 unspecified atom stereocenters. The highest BCUT2D eigenvalue weighted by molar-refractivity contribution is 5.65. The molecule has 0 radical (unpaired) electrons. The van der Waals surface area contributed by atoms with E-state index >= 15 is 0 Å². The van der Waals surface area contributed by atoms with Gasteiger partial charge in [-0.25, -0.2) is 0 Å². The smallest absolute Gasteiger partial charge is 0.0227 e. The fourth-order valence-corrected chi connectivity index (χ4v) is 4.07. The van der Waals surface area contributed by atoms with Crippen LogP contribution in [0.5, 0.6) is 0 Å². The number of benzene rings is 1. The Morgan fingerprint density at radius 1 is 0.963 bits per heavy atom. The van der Waals surface area contributed by atoms with E-state index in [1.54, 1.807) is 5.57 Å². The first-order valence-corrected chi connectivity index (χ1v) is 11.5. The second-order valence-corrected chi connectivity index (χ2v) is 9.85. The summed E-state index contributed by atoms with van der Waals surface area (Å²) in [4.78, 5) is 0. The first kappa shape index (κ1) is 24.0. The molecule has 0 fully saturated rings. The van der Waals surface area contributed by atoms with Crippen molar-refractivity contribution in [1.82, 2.24) is 0 Å². The zero-order valence-corrected chi connectivity index (χ0v) is 19.4. The fourth-order valence-electron chi connectivity index (χ4n) is 4.07. The minimum atomic E-state index is 0.500. The SMILES string of the molecule is CCC=C(CC(CCC)CCCC(C)(C)CCC(C)C)c1ccc(C)cc1. The zero-order valence-electron chi connectivity index (χ0n) is 19.4. The van der Waals surface area contributed by atoms with Crippen molar-refractivity contribution in [2.75, 3.05) is 0 Å². The number of allylic oxidation sites excluding steroid dienone is 2. The van der Waals surface area contributed by atoms with Gasteiger partial charge in [-0.15, -0.1) is 0 Å². The monoisotopic (exact) mass is 370 g/mol. The second-order valence-electron chi connectivity index (χ2n) is 9.85. The molecule has 1 rings (SSSR count). The van der Waals surface area contributed by atoms with Gasteiger partial charge < -0.3 is 0 Å². The molecule has 0 N–H and O–H groups in total. The van der Waals surface area contributed by atoms with E-state index in [1.165, 1.54) is 62.5 Å². The summed E-state index contributed by atoms with van der Waals surface area (Å²) in [6, 6.07) is 9.14. The van der Waals surface area contributed by atoms with Gasteiger partial charge in [0.1, 0.15) is 0 Å². The molecular formula is C27H46. The van der Waals surface area contributed by atoms with Crippen LogP contribution in [0.25, 0.3) is 5.57 Å². The van der Waals surface area contributed by atoms with Gasteiger partial charge in [-0.3, -0.25) is 0 Å². The lowest BCUT2D eigenvalue weighted by Gasteiger charge is -2.27. The molecule has 0 heteroatoms. The van der Waals surface area contributed by atoms with Crippen LogP contribution in [-0.4, -0.2) is 0 Å². The summed E-state index contributed by atoms with van der Waals surface area (Å²) in [5.41, 5.74) is 4.85. The Morgan fingerprint density at radius 3 is 2.19 bits per heavy atom. The van der Waals surface area contributed by atoms with Crippen molar-refractivity contribution >= 4 is 5.57 Å². The van der Waals surface area contributed by atoms with Crippen molar-refractivity contribution in [2.45, 2.75) is 106 Å². The molecule has 0 saturated heterocycles. The second kappa shape index (κ2) is 12.4. The maximum absolute atomic E-state index is 2.47. The summed E-state index contributed by atoms with van der Waals surface area (Å²) in [5, 5.41) is 0. The summed E-state index contributed by atoms with van der Waals surface area (Å²) in [7, 11) is 0. The number of aryl methyl sites for hydroxylation is 1. The van der Waals surface area contributed by atoms with E-state index in [2.05, 4.69) is 78.8 Å². The van der Waals surface area contributed by atoms with Crippen molar-refractivity contribution < 1.29 is 0 Å². The maximum atomic E-state index is 2.47. The third kappa shape index (κ3) is 10.2. The average Bonchev–Trinajstić information content (AvgIpc) is 2.60. The molecular weight excluding hydrogens is 324 g/mol. The van der Waals surface area contributed by atoms with Crippen molar-refractivity contribution in [3.8, 4) is 0 Å². The Hall–Kier alpha value is -1.04. The average molecular weight is 371 g/mol. The first-order valence-electron chi connectivity index (χ1n) is 11.5. The Labute approximate surface area is 170 Å². The van der Waals surface area contributed by atoms with Crippen LogP contribution in [0.4, 0.5) is 0 Å². The minimum Gasteiger partial charge on any atom is -0.0810 e. The molecule has 0 bridgehead atoms. The minimum absolute atomic E-state index is 0.500. The highest BCUT2D eigenvalue weighted by atomic mass is 14.2. The Bertz CT molecular complexity index is 530. The first-order chi connectivity index (χ1) is 12.8. The largest absolute Gasteiger partial charge is 0.0810 e. The standard InChI is InChI=1S/C27H46/c1-8-11-24(13-10-19-27(6,7)20-18-22(3)4)21-26(12-9-2)25-16-14-23(5)15-17-25/h12,14-17,22,24H,8-11,13,18-21H2,1-7H3. The summed E-state index contributed by atoms with van der Waals surface area (Å²) in [6.07, 6.45) is 14.4. The fraction of sp³-hybridized carbons (Fsp3) is 0.704. The molecule has 154 valence electrons. The van der Waals surface area contributed by atoms with Crippen molar-refractivity contribution in [3.63, 3.8) is 0 Å². The van der Waals surface area contributed by atoms with Gasteiger partial charge in [-0.1, -0.05) is 110 Å². The van der Waals surface area contributed by atoms with E-state index in [-0.39, 0.29) is 0 Å². The lowest BCUT2D eigenvalue weighted by Crippen LogP contribution is -2.13. The van der Waals surface area contributed by atoms with Gasteiger partial charge in [-0.2, -0.15) is 0 Å². The molecule has 0 aliphatic carbocycles. The van der Waals surface area contributed by atoms with Gasteiger partial charge in [0.15, 0.2) is 0 Å². The quantitative estimate of drug-likeness (QED) is 0.324. The van der Waals surface area contributed by atoms with E-state index in [1.807, 2.05) is 0 Å².